The smallest absolute Gasteiger partial charge is 0.103 e. The third-order valence-electron chi connectivity index (χ3n) is 4.02. The van der Waals surface area contributed by atoms with E-state index in [9.17, 15) is 0 Å². The number of hydrogen-bond acceptors (Lipinski definition) is 2. The molecule has 0 unspecified atom stereocenters. The fourth-order valence-corrected chi connectivity index (χ4v) is 2.88. The maximum absolute atomic E-state index is 9.11. The Bertz CT molecular complexity index is 659. The monoisotopic (exact) mass is 256 g/mol. The van der Waals surface area contributed by atoms with Gasteiger partial charge < -0.3 is 10.2 Å². The summed E-state index contributed by atoms with van der Waals surface area (Å²) in [7, 11) is 0. The SMILES string of the molecule is CC(C)(C)c1ccc2[nH]c3c(c2c1)CCC/C3=N\O. The molecular formula is C16H20N2O. The summed E-state index contributed by atoms with van der Waals surface area (Å²) in [6.45, 7) is 6.69. The molecule has 2 N–H and O–H groups in total. The third kappa shape index (κ3) is 1.93. The van der Waals surface area contributed by atoms with Gasteiger partial charge in [-0.2, -0.15) is 0 Å². The second kappa shape index (κ2) is 4.12. The van der Waals surface area contributed by atoms with Gasteiger partial charge in [0.15, 0.2) is 0 Å². The van der Waals surface area contributed by atoms with Gasteiger partial charge in [-0.05, 0) is 47.9 Å². The summed E-state index contributed by atoms with van der Waals surface area (Å²) in [6.07, 6.45) is 2.96. The number of aromatic amines is 1. The molecule has 1 aliphatic rings. The van der Waals surface area contributed by atoms with Crippen molar-refractivity contribution in [1.82, 2.24) is 4.98 Å². The first-order valence-corrected chi connectivity index (χ1v) is 6.87. The van der Waals surface area contributed by atoms with E-state index in [2.05, 4.69) is 49.1 Å². The largest absolute Gasteiger partial charge is 0.411 e. The zero-order valence-corrected chi connectivity index (χ0v) is 11.7. The minimum atomic E-state index is 0.154. The zero-order chi connectivity index (χ0) is 13.6. The van der Waals surface area contributed by atoms with Crippen molar-refractivity contribution in [3.63, 3.8) is 0 Å². The number of fused-ring (bicyclic) bond motifs is 3. The number of oxime groups is 1. The van der Waals surface area contributed by atoms with Crippen LogP contribution in [0.25, 0.3) is 10.9 Å². The molecule has 3 heteroatoms. The van der Waals surface area contributed by atoms with Crippen LogP contribution in [0.1, 0.15) is 50.4 Å². The minimum absolute atomic E-state index is 0.154. The highest BCUT2D eigenvalue weighted by molar-refractivity contribution is 6.06. The lowest BCUT2D eigenvalue weighted by Gasteiger charge is -2.19. The molecule has 3 rings (SSSR count). The lowest BCUT2D eigenvalue weighted by atomic mass is 9.85. The number of rotatable bonds is 0. The second-order valence-electron chi connectivity index (χ2n) is 6.39. The van der Waals surface area contributed by atoms with E-state index < -0.39 is 0 Å². The van der Waals surface area contributed by atoms with Crippen molar-refractivity contribution in [2.75, 3.05) is 0 Å². The maximum atomic E-state index is 9.11. The van der Waals surface area contributed by atoms with Gasteiger partial charge >= 0.3 is 0 Å². The number of aromatic nitrogens is 1. The zero-order valence-electron chi connectivity index (χ0n) is 11.7. The fraction of sp³-hybridized carbons (Fsp3) is 0.438. The van der Waals surface area contributed by atoms with Crippen LogP contribution >= 0.6 is 0 Å². The van der Waals surface area contributed by atoms with E-state index in [0.29, 0.717) is 0 Å². The third-order valence-corrected chi connectivity index (χ3v) is 4.02. The average molecular weight is 256 g/mol. The first-order chi connectivity index (χ1) is 9.00. The van der Waals surface area contributed by atoms with Crippen LogP contribution in [-0.4, -0.2) is 15.9 Å². The molecule has 2 aromatic rings. The topological polar surface area (TPSA) is 48.4 Å². The van der Waals surface area contributed by atoms with Crippen molar-refractivity contribution in [3.05, 3.63) is 35.0 Å². The van der Waals surface area contributed by atoms with Gasteiger partial charge in [-0.25, -0.2) is 0 Å². The molecule has 0 bridgehead atoms. The molecule has 1 aromatic heterocycles. The Hall–Kier alpha value is -1.77. The number of nitrogens with one attached hydrogen (secondary N) is 1. The molecule has 3 nitrogen and oxygen atoms in total. The van der Waals surface area contributed by atoms with E-state index in [0.717, 1.165) is 36.2 Å². The Morgan fingerprint density at radius 3 is 2.68 bits per heavy atom. The molecule has 0 amide bonds. The van der Waals surface area contributed by atoms with Crippen LogP contribution in [0.15, 0.2) is 23.4 Å². The first-order valence-electron chi connectivity index (χ1n) is 6.87. The molecule has 0 atom stereocenters. The van der Waals surface area contributed by atoms with Gasteiger partial charge in [0.05, 0.1) is 5.69 Å². The standard InChI is InChI=1S/C16H20N2O/c1-16(2,3)10-7-8-13-12(9-10)11-5-4-6-14(18-19)15(11)17-13/h7-9,17,19H,4-6H2,1-3H3/b18-14+. The van der Waals surface area contributed by atoms with Crippen LogP contribution in [0, 0.1) is 0 Å². The molecule has 0 spiro atoms. The van der Waals surface area contributed by atoms with Crippen LogP contribution in [0.5, 0.6) is 0 Å². The van der Waals surface area contributed by atoms with Crippen molar-refractivity contribution >= 4 is 16.6 Å². The van der Waals surface area contributed by atoms with E-state index in [-0.39, 0.29) is 5.41 Å². The summed E-state index contributed by atoms with van der Waals surface area (Å²) < 4.78 is 0. The van der Waals surface area contributed by atoms with Gasteiger partial charge in [-0.3, -0.25) is 0 Å². The van der Waals surface area contributed by atoms with Gasteiger partial charge in [0.25, 0.3) is 0 Å². The number of aryl methyl sites for hydroxylation is 1. The molecule has 19 heavy (non-hydrogen) atoms. The van der Waals surface area contributed by atoms with Gasteiger partial charge in [0, 0.05) is 10.9 Å². The van der Waals surface area contributed by atoms with E-state index in [4.69, 9.17) is 5.21 Å². The van der Waals surface area contributed by atoms with Gasteiger partial charge in [-0.15, -0.1) is 0 Å². The quantitative estimate of drug-likeness (QED) is 0.543. The van der Waals surface area contributed by atoms with E-state index in [1.165, 1.54) is 16.5 Å². The summed E-state index contributed by atoms with van der Waals surface area (Å²) in [5.74, 6) is 0. The van der Waals surface area contributed by atoms with Crippen LogP contribution in [-0.2, 0) is 11.8 Å². The molecular weight excluding hydrogens is 236 g/mol. The number of benzene rings is 1. The highest BCUT2D eigenvalue weighted by Gasteiger charge is 2.22. The van der Waals surface area contributed by atoms with Gasteiger partial charge in [0.1, 0.15) is 5.71 Å². The molecule has 0 radical (unpaired) electrons. The molecule has 0 fully saturated rings. The highest BCUT2D eigenvalue weighted by atomic mass is 16.4. The predicted molar refractivity (Wildman–Crippen MR) is 78.3 cm³/mol. The predicted octanol–water partition coefficient (Wildman–Crippen LogP) is 3.98. The molecule has 0 aliphatic heterocycles. The van der Waals surface area contributed by atoms with Crippen molar-refractivity contribution in [3.8, 4) is 0 Å². The summed E-state index contributed by atoms with van der Waals surface area (Å²) >= 11 is 0. The molecule has 1 heterocycles. The normalized spacial score (nSPS) is 17.9. The lowest BCUT2D eigenvalue weighted by molar-refractivity contribution is 0.317. The van der Waals surface area contributed by atoms with E-state index >= 15 is 0 Å². The van der Waals surface area contributed by atoms with Gasteiger partial charge in [-0.1, -0.05) is 32.0 Å². The molecule has 0 saturated heterocycles. The molecule has 1 aliphatic carbocycles. The number of hydrogen-bond donors (Lipinski definition) is 2. The fourth-order valence-electron chi connectivity index (χ4n) is 2.88. The molecule has 1 aromatic carbocycles. The van der Waals surface area contributed by atoms with Crippen LogP contribution in [0.2, 0.25) is 0 Å². The number of H-pyrrole nitrogens is 1. The van der Waals surface area contributed by atoms with E-state index in [1.807, 2.05) is 0 Å². The Morgan fingerprint density at radius 2 is 2.00 bits per heavy atom. The van der Waals surface area contributed by atoms with Crippen molar-refractivity contribution in [2.45, 2.75) is 45.4 Å². The highest BCUT2D eigenvalue weighted by Crippen LogP contribution is 2.32. The van der Waals surface area contributed by atoms with E-state index in [1.54, 1.807) is 0 Å². The van der Waals surface area contributed by atoms with Crippen LogP contribution in [0.3, 0.4) is 0 Å². The Balaban J connectivity index is 2.24. The van der Waals surface area contributed by atoms with Crippen molar-refractivity contribution in [1.29, 1.82) is 0 Å². The summed E-state index contributed by atoms with van der Waals surface area (Å²) in [5, 5.41) is 13.8. The lowest BCUT2D eigenvalue weighted by Crippen LogP contribution is -2.11. The summed E-state index contributed by atoms with van der Waals surface area (Å²) in [5.41, 5.74) is 5.75. The van der Waals surface area contributed by atoms with Crippen LogP contribution < -0.4 is 0 Å². The Labute approximate surface area is 113 Å². The minimum Gasteiger partial charge on any atom is -0.411 e. The second-order valence-corrected chi connectivity index (χ2v) is 6.39. The van der Waals surface area contributed by atoms with Gasteiger partial charge in [0.2, 0.25) is 0 Å². The number of nitrogens with zero attached hydrogens (tertiary/aromatic N) is 1. The van der Waals surface area contributed by atoms with Crippen molar-refractivity contribution in [2.24, 2.45) is 5.16 Å². The Morgan fingerprint density at radius 1 is 1.21 bits per heavy atom. The summed E-state index contributed by atoms with van der Waals surface area (Å²) in [4.78, 5) is 3.40. The maximum Gasteiger partial charge on any atom is 0.103 e. The van der Waals surface area contributed by atoms with Crippen molar-refractivity contribution < 1.29 is 5.21 Å². The molecule has 100 valence electrons. The first kappa shape index (κ1) is 12.3. The summed E-state index contributed by atoms with van der Waals surface area (Å²) in [6, 6.07) is 6.61. The molecule has 0 saturated carbocycles. The average Bonchev–Trinajstić information content (AvgIpc) is 2.75. The Kier molecular flexibility index (Phi) is 2.66. The van der Waals surface area contributed by atoms with Crippen LogP contribution in [0.4, 0.5) is 0 Å².